The highest BCUT2D eigenvalue weighted by atomic mass is 16.5. The number of para-hydroxylation sites is 2. The summed E-state index contributed by atoms with van der Waals surface area (Å²) in [6, 6.07) is 8.34. The Kier molecular flexibility index (Phi) is 5.01. The fraction of sp³-hybridized carbons (Fsp3) is 0.400. The summed E-state index contributed by atoms with van der Waals surface area (Å²) in [7, 11) is 3.56. The minimum absolute atomic E-state index is 0.558. The smallest absolute Gasteiger partial charge is 0.301 e. The summed E-state index contributed by atoms with van der Waals surface area (Å²) >= 11 is 0. The van der Waals surface area contributed by atoms with Crippen LogP contribution < -0.4 is 15.0 Å². The molecule has 0 spiro atoms. The van der Waals surface area contributed by atoms with Gasteiger partial charge in [-0.3, -0.25) is 4.90 Å². The van der Waals surface area contributed by atoms with Crippen molar-refractivity contribution in [1.82, 2.24) is 10.3 Å². The van der Waals surface area contributed by atoms with Gasteiger partial charge in [0.15, 0.2) is 0 Å². The zero-order chi connectivity index (χ0) is 14.4. The summed E-state index contributed by atoms with van der Waals surface area (Å²) in [5, 5.41) is 3.30. The van der Waals surface area contributed by atoms with Gasteiger partial charge in [-0.1, -0.05) is 19.1 Å². The first kappa shape index (κ1) is 14.4. The first-order valence-corrected chi connectivity index (χ1v) is 6.78. The van der Waals surface area contributed by atoms with E-state index in [1.54, 1.807) is 13.4 Å². The van der Waals surface area contributed by atoms with Crippen molar-refractivity contribution in [2.24, 2.45) is 0 Å². The fourth-order valence-corrected chi connectivity index (χ4v) is 1.93. The second-order valence-electron chi connectivity index (χ2n) is 4.53. The summed E-state index contributed by atoms with van der Waals surface area (Å²) < 4.78 is 10.9. The summed E-state index contributed by atoms with van der Waals surface area (Å²) in [4.78, 5) is 6.35. The molecule has 1 aromatic carbocycles. The number of benzene rings is 1. The third-order valence-electron chi connectivity index (χ3n) is 3.01. The molecule has 1 heterocycles. The summed E-state index contributed by atoms with van der Waals surface area (Å²) in [5.41, 5.74) is 1.82. The number of aromatic nitrogens is 1. The molecule has 2 aromatic rings. The molecule has 0 amide bonds. The molecule has 1 aromatic heterocycles. The first-order valence-electron chi connectivity index (χ1n) is 6.78. The predicted octanol–water partition coefficient (Wildman–Crippen LogP) is 2.95. The average Bonchev–Trinajstić information content (AvgIpc) is 2.95. The zero-order valence-corrected chi connectivity index (χ0v) is 12.2. The van der Waals surface area contributed by atoms with Gasteiger partial charge in [0.05, 0.1) is 18.5 Å². The van der Waals surface area contributed by atoms with E-state index in [-0.39, 0.29) is 0 Å². The number of anilines is 2. The molecule has 0 bridgehead atoms. The lowest BCUT2D eigenvalue weighted by Gasteiger charge is -2.17. The molecule has 20 heavy (non-hydrogen) atoms. The van der Waals surface area contributed by atoms with Crippen LogP contribution in [0.25, 0.3) is 0 Å². The van der Waals surface area contributed by atoms with Crippen LogP contribution in [0.5, 0.6) is 5.75 Å². The Morgan fingerprint density at radius 3 is 2.90 bits per heavy atom. The van der Waals surface area contributed by atoms with Crippen LogP contribution in [-0.4, -0.2) is 25.7 Å². The van der Waals surface area contributed by atoms with Crippen LogP contribution in [0.4, 0.5) is 11.7 Å². The van der Waals surface area contributed by atoms with Crippen LogP contribution >= 0.6 is 0 Å². The minimum Gasteiger partial charge on any atom is -0.495 e. The van der Waals surface area contributed by atoms with Crippen molar-refractivity contribution < 1.29 is 9.15 Å². The Labute approximate surface area is 119 Å². The number of hydrogen-bond donors (Lipinski definition) is 1. The van der Waals surface area contributed by atoms with Crippen molar-refractivity contribution in [3.63, 3.8) is 0 Å². The molecular weight excluding hydrogens is 254 g/mol. The van der Waals surface area contributed by atoms with Crippen LogP contribution in [0, 0.1) is 0 Å². The molecule has 0 aliphatic rings. The van der Waals surface area contributed by atoms with E-state index in [4.69, 9.17) is 9.15 Å². The van der Waals surface area contributed by atoms with Gasteiger partial charge in [0.2, 0.25) is 0 Å². The Morgan fingerprint density at radius 2 is 2.15 bits per heavy atom. The predicted molar refractivity (Wildman–Crippen MR) is 79.6 cm³/mol. The van der Waals surface area contributed by atoms with Gasteiger partial charge in [-0.15, -0.1) is 0 Å². The van der Waals surface area contributed by atoms with E-state index in [2.05, 4.69) is 17.2 Å². The molecule has 0 atom stereocenters. The topological polar surface area (TPSA) is 50.5 Å². The second kappa shape index (κ2) is 6.96. The standard InChI is InChI=1S/C15H21N3O2/c1-4-9-16-10-12-11-20-15(17-12)18(2)13-7-5-6-8-14(13)19-3/h5-8,11,16H,4,9-10H2,1-3H3. The Bertz CT molecular complexity index is 539. The van der Waals surface area contributed by atoms with E-state index < -0.39 is 0 Å². The number of nitrogens with one attached hydrogen (secondary N) is 1. The molecule has 0 saturated heterocycles. The van der Waals surface area contributed by atoms with Crippen LogP contribution in [-0.2, 0) is 6.54 Å². The van der Waals surface area contributed by atoms with Crippen molar-refractivity contribution in [2.75, 3.05) is 25.6 Å². The largest absolute Gasteiger partial charge is 0.495 e. The van der Waals surface area contributed by atoms with E-state index in [9.17, 15) is 0 Å². The Balaban J connectivity index is 2.11. The maximum absolute atomic E-state index is 5.53. The van der Waals surface area contributed by atoms with Gasteiger partial charge in [0.1, 0.15) is 12.0 Å². The van der Waals surface area contributed by atoms with Gasteiger partial charge in [-0.25, -0.2) is 0 Å². The Hall–Kier alpha value is -2.01. The first-order chi connectivity index (χ1) is 9.76. The third-order valence-corrected chi connectivity index (χ3v) is 3.01. The van der Waals surface area contributed by atoms with Crippen molar-refractivity contribution in [3.05, 3.63) is 36.2 Å². The maximum atomic E-state index is 5.53. The third kappa shape index (κ3) is 3.30. The van der Waals surface area contributed by atoms with Gasteiger partial charge in [-0.05, 0) is 25.1 Å². The summed E-state index contributed by atoms with van der Waals surface area (Å²) in [5.74, 6) is 0.791. The highest BCUT2D eigenvalue weighted by Gasteiger charge is 2.14. The van der Waals surface area contributed by atoms with E-state index in [0.29, 0.717) is 6.01 Å². The highest BCUT2D eigenvalue weighted by molar-refractivity contribution is 5.63. The van der Waals surface area contributed by atoms with Gasteiger partial charge >= 0.3 is 6.01 Å². The molecule has 0 aliphatic carbocycles. The van der Waals surface area contributed by atoms with Crippen LogP contribution in [0.1, 0.15) is 19.0 Å². The molecular formula is C15H21N3O2. The number of hydrogen-bond acceptors (Lipinski definition) is 5. The summed E-state index contributed by atoms with van der Waals surface area (Å²) in [6.45, 7) is 3.83. The van der Waals surface area contributed by atoms with Crippen molar-refractivity contribution in [1.29, 1.82) is 0 Å². The van der Waals surface area contributed by atoms with Crippen molar-refractivity contribution >= 4 is 11.7 Å². The normalized spacial score (nSPS) is 10.6. The molecule has 5 nitrogen and oxygen atoms in total. The van der Waals surface area contributed by atoms with Gasteiger partial charge in [0.25, 0.3) is 0 Å². The lowest BCUT2D eigenvalue weighted by Crippen LogP contribution is -2.15. The zero-order valence-electron chi connectivity index (χ0n) is 12.2. The fourth-order valence-electron chi connectivity index (χ4n) is 1.93. The highest BCUT2D eigenvalue weighted by Crippen LogP contribution is 2.31. The lowest BCUT2D eigenvalue weighted by atomic mass is 10.3. The second-order valence-corrected chi connectivity index (χ2v) is 4.53. The molecule has 0 radical (unpaired) electrons. The lowest BCUT2D eigenvalue weighted by molar-refractivity contribution is 0.415. The molecule has 0 unspecified atom stereocenters. The van der Waals surface area contributed by atoms with E-state index >= 15 is 0 Å². The molecule has 2 rings (SSSR count). The number of rotatable bonds is 7. The Morgan fingerprint density at radius 1 is 1.35 bits per heavy atom. The quantitative estimate of drug-likeness (QED) is 0.787. The number of methoxy groups -OCH3 is 1. The monoisotopic (exact) mass is 275 g/mol. The van der Waals surface area contributed by atoms with Crippen LogP contribution in [0.2, 0.25) is 0 Å². The van der Waals surface area contributed by atoms with Gasteiger partial charge in [-0.2, -0.15) is 4.98 Å². The SMILES string of the molecule is CCCNCc1coc(N(C)c2ccccc2OC)n1. The molecule has 0 saturated carbocycles. The van der Waals surface area contributed by atoms with Gasteiger partial charge < -0.3 is 14.5 Å². The average molecular weight is 275 g/mol. The number of ether oxygens (including phenoxy) is 1. The molecule has 108 valence electrons. The number of nitrogens with zero attached hydrogens (tertiary/aromatic N) is 2. The van der Waals surface area contributed by atoms with Crippen LogP contribution in [0.3, 0.4) is 0 Å². The number of oxazole rings is 1. The van der Waals surface area contributed by atoms with Crippen molar-refractivity contribution in [3.8, 4) is 5.75 Å². The maximum Gasteiger partial charge on any atom is 0.301 e. The molecule has 1 N–H and O–H groups in total. The van der Waals surface area contributed by atoms with E-state index in [1.807, 2.05) is 36.2 Å². The molecule has 0 fully saturated rings. The van der Waals surface area contributed by atoms with E-state index in [1.165, 1.54) is 0 Å². The summed E-state index contributed by atoms with van der Waals surface area (Å²) in [6.07, 6.45) is 2.79. The van der Waals surface area contributed by atoms with Crippen molar-refractivity contribution in [2.45, 2.75) is 19.9 Å². The minimum atomic E-state index is 0.558. The molecule has 0 aliphatic heterocycles. The van der Waals surface area contributed by atoms with E-state index in [0.717, 1.165) is 36.6 Å². The molecule has 5 heteroatoms. The van der Waals surface area contributed by atoms with Crippen LogP contribution in [0.15, 0.2) is 34.9 Å². The van der Waals surface area contributed by atoms with Gasteiger partial charge in [0, 0.05) is 13.6 Å².